The predicted molar refractivity (Wildman–Crippen MR) is 63.3 cm³/mol. The van der Waals surface area contributed by atoms with Gasteiger partial charge in [-0.1, -0.05) is 13.3 Å². The standard InChI is InChI=1S/C11H17NO3S/c1-3-5-8-10(11(13)14)16-9(12-8)6-7-15-4-2/h3-7H2,1-2H3,(H,13,14). The number of aryl methyl sites for hydroxylation is 1. The first-order valence-electron chi connectivity index (χ1n) is 5.48. The third kappa shape index (κ3) is 3.57. The molecule has 5 heteroatoms. The highest BCUT2D eigenvalue weighted by Gasteiger charge is 2.16. The predicted octanol–water partition coefficient (Wildman–Crippen LogP) is 2.37. The van der Waals surface area contributed by atoms with Crippen LogP contribution in [-0.4, -0.2) is 29.3 Å². The van der Waals surface area contributed by atoms with E-state index in [1.807, 2.05) is 13.8 Å². The Morgan fingerprint density at radius 2 is 2.19 bits per heavy atom. The van der Waals surface area contributed by atoms with Gasteiger partial charge in [-0.05, 0) is 13.3 Å². The monoisotopic (exact) mass is 243 g/mol. The smallest absolute Gasteiger partial charge is 0.347 e. The Morgan fingerprint density at radius 1 is 1.44 bits per heavy atom. The third-order valence-electron chi connectivity index (χ3n) is 2.09. The van der Waals surface area contributed by atoms with Gasteiger partial charge in [0.2, 0.25) is 0 Å². The number of carboxylic acid groups (broad SMARTS) is 1. The van der Waals surface area contributed by atoms with Gasteiger partial charge in [0.25, 0.3) is 0 Å². The molecule has 0 bridgehead atoms. The highest BCUT2D eigenvalue weighted by atomic mass is 32.1. The molecule has 90 valence electrons. The highest BCUT2D eigenvalue weighted by molar-refractivity contribution is 7.13. The molecule has 0 aliphatic rings. The molecule has 16 heavy (non-hydrogen) atoms. The minimum atomic E-state index is -0.872. The molecule has 1 heterocycles. The molecule has 0 saturated heterocycles. The van der Waals surface area contributed by atoms with E-state index in [1.165, 1.54) is 11.3 Å². The number of carbonyl (C=O) groups is 1. The molecule has 0 unspecified atom stereocenters. The van der Waals surface area contributed by atoms with E-state index in [0.717, 1.165) is 17.8 Å². The van der Waals surface area contributed by atoms with E-state index < -0.39 is 5.97 Å². The van der Waals surface area contributed by atoms with Gasteiger partial charge in [-0.2, -0.15) is 0 Å². The second kappa shape index (κ2) is 6.60. The minimum absolute atomic E-state index is 0.383. The van der Waals surface area contributed by atoms with Crippen LogP contribution in [0.4, 0.5) is 0 Å². The van der Waals surface area contributed by atoms with Gasteiger partial charge in [0.05, 0.1) is 17.3 Å². The van der Waals surface area contributed by atoms with Crippen LogP contribution in [0.1, 0.15) is 40.6 Å². The fourth-order valence-electron chi connectivity index (χ4n) is 1.38. The lowest BCUT2D eigenvalue weighted by atomic mass is 10.2. The zero-order valence-electron chi connectivity index (χ0n) is 9.65. The van der Waals surface area contributed by atoms with Crippen molar-refractivity contribution in [3.05, 3.63) is 15.6 Å². The van der Waals surface area contributed by atoms with Gasteiger partial charge in [0.15, 0.2) is 0 Å². The van der Waals surface area contributed by atoms with Crippen LogP contribution in [0, 0.1) is 0 Å². The van der Waals surface area contributed by atoms with Gasteiger partial charge in [0.1, 0.15) is 4.88 Å². The minimum Gasteiger partial charge on any atom is -0.477 e. The van der Waals surface area contributed by atoms with Crippen molar-refractivity contribution >= 4 is 17.3 Å². The van der Waals surface area contributed by atoms with Crippen LogP contribution in [0.25, 0.3) is 0 Å². The average molecular weight is 243 g/mol. The Labute approximate surface area is 99.3 Å². The van der Waals surface area contributed by atoms with Crippen molar-refractivity contribution in [3.8, 4) is 0 Å². The number of thiazole rings is 1. The number of carboxylic acids is 1. The number of aromatic carboxylic acids is 1. The van der Waals surface area contributed by atoms with E-state index in [1.54, 1.807) is 0 Å². The van der Waals surface area contributed by atoms with Gasteiger partial charge in [-0.25, -0.2) is 9.78 Å². The summed E-state index contributed by atoms with van der Waals surface area (Å²) in [6.45, 7) is 5.24. The Morgan fingerprint density at radius 3 is 2.75 bits per heavy atom. The number of hydrogen-bond donors (Lipinski definition) is 1. The second-order valence-electron chi connectivity index (χ2n) is 3.39. The fraction of sp³-hybridized carbons (Fsp3) is 0.636. The fourth-order valence-corrected chi connectivity index (χ4v) is 2.31. The molecule has 4 nitrogen and oxygen atoms in total. The molecular weight excluding hydrogens is 226 g/mol. The summed E-state index contributed by atoms with van der Waals surface area (Å²) in [5.74, 6) is -0.872. The Kier molecular flexibility index (Phi) is 5.42. The molecule has 1 aromatic rings. The molecule has 1 N–H and O–H groups in total. The first-order valence-corrected chi connectivity index (χ1v) is 6.30. The lowest BCUT2D eigenvalue weighted by Crippen LogP contribution is -1.99. The van der Waals surface area contributed by atoms with Crippen LogP contribution in [0.15, 0.2) is 0 Å². The van der Waals surface area contributed by atoms with Crippen molar-refractivity contribution in [2.45, 2.75) is 33.1 Å². The molecule has 0 amide bonds. The number of hydrogen-bond acceptors (Lipinski definition) is 4. The average Bonchev–Trinajstić information content (AvgIpc) is 2.62. The van der Waals surface area contributed by atoms with Gasteiger partial charge in [-0.15, -0.1) is 11.3 Å². The SMILES string of the molecule is CCCc1nc(CCOCC)sc1C(=O)O. The molecule has 0 atom stereocenters. The Balaban J connectivity index is 2.72. The van der Waals surface area contributed by atoms with Crippen LogP contribution >= 0.6 is 11.3 Å². The normalized spacial score (nSPS) is 10.6. The molecular formula is C11H17NO3S. The Bertz CT molecular complexity index is 349. The maximum atomic E-state index is 11.0. The van der Waals surface area contributed by atoms with E-state index in [0.29, 0.717) is 30.2 Å². The molecule has 0 aromatic carbocycles. The van der Waals surface area contributed by atoms with Crippen LogP contribution < -0.4 is 0 Å². The van der Waals surface area contributed by atoms with Crippen LogP contribution in [-0.2, 0) is 17.6 Å². The van der Waals surface area contributed by atoms with Gasteiger partial charge in [-0.3, -0.25) is 0 Å². The largest absolute Gasteiger partial charge is 0.477 e. The molecule has 0 spiro atoms. The number of aromatic nitrogens is 1. The first kappa shape index (κ1) is 13.1. The maximum absolute atomic E-state index is 11.0. The van der Waals surface area contributed by atoms with E-state index >= 15 is 0 Å². The lowest BCUT2D eigenvalue weighted by Gasteiger charge is -1.96. The van der Waals surface area contributed by atoms with Crippen molar-refractivity contribution in [1.29, 1.82) is 0 Å². The summed E-state index contributed by atoms with van der Waals surface area (Å²) in [6, 6.07) is 0. The first-order chi connectivity index (χ1) is 7.69. The lowest BCUT2D eigenvalue weighted by molar-refractivity contribution is 0.0700. The van der Waals surface area contributed by atoms with Gasteiger partial charge in [0, 0.05) is 13.0 Å². The van der Waals surface area contributed by atoms with E-state index in [4.69, 9.17) is 9.84 Å². The highest BCUT2D eigenvalue weighted by Crippen LogP contribution is 2.20. The summed E-state index contributed by atoms with van der Waals surface area (Å²) in [5.41, 5.74) is 0.714. The summed E-state index contributed by atoms with van der Waals surface area (Å²) in [7, 11) is 0. The van der Waals surface area contributed by atoms with Crippen LogP contribution in [0.5, 0.6) is 0 Å². The third-order valence-corrected chi connectivity index (χ3v) is 3.23. The van der Waals surface area contributed by atoms with Gasteiger partial charge >= 0.3 is 5.97 Å². The van der Waals surface area contributed by atoms with Crippen molar-refractivity contribution in [2.24, 2.45) is 0 Å². The summed E-state index contributed by atoms with van der Waals surface area (Å²) in [5, 5.41) is 9.87. The topological polar surface area (TPSA) is 59.4 Å². The molecule has 0 fully saturated rings. The van der Waals surface area contributed by atoms with Crippen molar-refractivity contribution in [1.82, 2.24) is 4.98 Å². The van der Waals surface area contributed by atoms with E-state index in [-0.39, 0.29) is 0 Å². The van der Waals surface area contributed by atoms with Crippen molar-refractivity contribution < 1.29 is 14.6 Å². The summed E-state index contributed by atoms with van der Waals surface area (Å²) < 4.78 is 5.23. The number of ether oxygens (including phenoxy) is 1. The molecule has 1 aromatic heterocycles. The molecule has 0 aliphatic heterocycles. The van der Waals surface area contributed by atoms with Crippen LogP contribution in [0.3, 0.4) is 0 Å². The quantitative estimate of drug-likeness (QED) is 0.747. The van der Waals surface area contributed by atoms with Crippen molar-refractivity contribution in [3.63, 3.8) is 0 Å². The molecule has 0 aliphatic carbocycles. The van der Waals surface area contributed by atoms with Crippen molar-refractivity contribution in [2.75, 3.05) is 13.2 Å². The molecule has 0 radical (unpaired) electrons. The zero-order chi connectivity index (χ0) is 12.0. The Hall–Kier alpha value is -0.940. The number of rotatable bonds is 7. The maximum Gasteiger partial charge on any atom is 0.347 e. The zero-order valence-corrected chi connectivity index (χ0v) is 10.5. The number of nitrogens with zero attached hydrogens (tertiary/aromatic N) is 1. The summed E-state index contributed by atoms with van der Waals surface area (Å²) in [6.07, 6.45) is 2.34. The van der Waals surface area contributed by atoms with E-state index in [2.05, 4.69) is 4.98 Å². The molecule has 1 rings (SSSR count). The summed E-state index contributed by atoms with van der Waals surface area (Å²) >= 11 is 1.27. The second-order valence-corrected chi connectivity index (χ2v) is 4.47. The molecule has 0 saturated carbocycles. The van der Waals surface area contributed by atoms with Crippen LogP contribution in [0.2, 0.25) is 0 Å². The summed E-state index contributed by atoms with van der Waals surface area (Å²) in [4.78, 5) is 15.7. The van der Waals surface area contributed by atoms with E-state index in [9.17, 15) is 4.79 Å². The van der Waals surface area contributed by atoms with Gasteiger partial charge < -0.3 is 9.84 Å².